The van der Waals surface area contributed by atoms with Crippen molar-refractivity contribution in [1.29, 1.82) is 0 Å². The third-order valence-corrected chi connectivity index (χ3v) is 2.28. The van der Waals surface area contributed by atoms with Crippen molar-refractivity contribution >= 4 is 0 Å². The molecule has 4 heteroatoms. The Morgan fingerprint density at radius 1 is 1.15 bits per heavy atom. The molecule has 0 atom stereocenters. The Balaban J connectivity index is 3.68. The molecule has 0 saturated carbocycles. The van der Waals surface area contributed by atoms with E-state index >= 15 is 0 Å². The van der Waals surface area contributed by atoms with Crippen LogP contribution in [0.15, 0.2) is 0 Å². The molecule has 3 N–H and O–H groups in total. The maximum absolute atomic E-state index is 9.04. The molecular weight excluding hydrogens is 172 g/mol. The fraction of sp³-hybridized carbons (Fsp3) is 1.00. The molecule has 80 valence electrons. The van der Waals surface area contributed by atoms with Crippen molar-refractivity contribution in [2.45, 2.75) is 19.8 Å². The van der Waals surface area contributed by atoms with E-state index in [1.165, 1.54) is 0 Å². The van der Waals surface area contributed by atoms with Crippen LogP contribution in [0.4, 0.5) is 0 Å². The quantitative estimate of drug-likeness (QED) is 0.464. The molecule has 0 amide bonds. The lowest BCUT2D eigenvalue weighted by Gasteiger charge is -2.27. The fourth-order valence-corrected chi connectivity index (χ4v) is 0.922. The first-order chi connectivity index (χ1) is 6.24. The van der Waals surface area contributed by atoms with Crippen molar-refractivity contribution in [2.24, 2.45) is 5.41 Å². The predicted octanol–water partition coefficient (Wildman–Crippen LogP) is -0.234. The summed E-state index contributed by atoms with van der Waals surface area (Å²) < 4.78 is 5.23. The van der Waals surface area contributed by atoms with E-state index in [1.54, 1.807) is 0 Å². The van der Waals surface area contributed by atoms with Crippen LogP contribution in [0.25, 0.3) is 0 Å². The van der Waals surface area contributed by atoms with Crippen LogP contribution in [-0.4, -0.2) is 48.4 Å². The summed E-state index contributed by atoms with van der Waals surface area (Å²) in [6.45, 7) is 2.69. The number of rotatable bonds is 8. The van der Waals surface area contributed by atoms with Gasteiger partial charge in [0.25, 0.3) is 0 Å². The average molecular weight is 192 g/mol. The van der Waals surface area contributed by atoms with Crippen LogP contribution in [0, 0.1) is 5.41 Å². The molecule has 0 heterocycles. The summed E-state index contributed by atoms with van der Waals surface area (Å²) in [5.74, 6) is 0. The van der Waals surface area contributed by atoms with Crippen molar-refractivity contribution in [3.63, 3.8) is 0 Å². The highest BCUT2D eigenvalue weighted by molar-refractivity contribution is 4.75. The van der Waals surface area contributed by atoms with Gasteiger partial charge in [0.05, 0.1) is 19.8 Å². The molecular formula is C9H20O4. The molecule has 0 aromatic carbocycles. The second kappa shape index (κ2) is 7.26. The summed E-state index contributed by atoms with van der Waals surface area (Å²) in [5.41, 5.74) is -0.518. The molecule has 0 aliphatic rings. The third kappa shape index (κ3) is 4.57. The Morgan fingerprint density at radius 3 is 2.15 bits per heavy atom. The Labute approximate surface area is 79.2 Å². The summed E-state index contributed by atoms with van der Waals surface area (Å²) in [5, 5.41) is 26.6. The molecule has 13 heavy (non-hydrogen) atoms. The molecule has 0 unspecified atom stereocenters. The molecule has 0 aromatic heterocycles. The Kier molecular flexibility index (Phi) is 7.17. The van der Waals surface area contributed by atoms with E-state index in [2.05, 4.69) is 0 Å². The molecule has 4 nitrogen and oxygen atoms in total. The molecule has 0 aliphatic carbocycles. The zero-order chi connectivity index (χ0) is 10.2. The third-order valence-electron chi connectivity index (χ3n) is 2.28. The van der Waals surface area contributed by atoms with Gasteiger partial charge in [0.15, 0.2) is 0 Å². The monoisotopic (exact) mass is 192 g/mol. The topological polar surface area (TPSA) is 69.9 Å². The molecule has 0 spiro atoms. The van der Waals surface area contributed by atoms with Gasteiger partial charge in [-0.3, -0.25) is 0 Å². The van der Waals surface area contributed by atoms with E-state index in [0.29, 0.717) is 26.1 Å². The van der Waals surface area contributed by atoms with E-state index in [4.69, 9.17) is 20.1 Å². The summed E-state index contributed by atoms with van der Waals surface area (Å²) in [7, 11) is 0. The number of hydrogen-bond donors (Lipinski definition) is 3. The van der Waals surface area contributed by atoms with Gasteiger partial charge in [0, 0.05) is 18.6 Å². The van der Waals surface area contributed by atoms with E-state index in [0.717, 1.165) is 0 Å². The van der Waals surface area contributed by atoms with Gasteiger partial charge in [-0.05, 0) is 12.8 Å². The SMILES string of the molecule is CCC(CO)(CO)COCCCO. The molecule has 0 rings (SSSR count). The summed E-state index contributed by atoms with van der Waals surface area (Å²) in [6, 6.07) is 0. The maximum Gasteiger partial charge on any atom is 0.0566 e. The van der Waals surface area contributed by atoms with Gasteiger partial charge in [-0.15, -0.1) is 0 Å². The highest BCUT2D eigenvalue weighted by Crippen LogP contribution is 2.20. The molecule has 0 saturated heterocycles. The zero-order valence-electron chi connectivity index (χ0n) is 8.20. The lowest BCUT2D eigenvalue weighted by Crippen LogP contribution is -2.34. The second-order valence-electron chi connectivity index (χ2n) is 3.30. The highest BCUT2D eigenvalue weighted by atomic mass is 16.5. The minimum Gasteiger partial charge on any atom is -0.396 e. The van der Waals surface area contributed by atoms with Gasteiger partial charge in [-0.1, -0.05) is 6.92 Å². The van der Waals surface area contributed by atoms with Gasteiger partial charge >= 0.3 is 0 Å². The first-order valence-electron chi connectivity index (χ1n) is 4.65. The maximum atomic E-state index is 9.04. The molecule has 0 radical (unpaired) electrons. The minimum absolute atomic E-state index is 0.0703. The highest BCUT2D eigenvalue weighted by Gasteiger charge is 2.26. The van der Waals surface area contributed by atoms with Crippen LogP contribution in [0.5, 0.6) is 0 Å². The van der Waals surface area contributed by atoms with Crippen LogP contribution >= 0.6 is 0 Å². The number of aliphatic hydroxyl groups excluding tert-OH is 3. The van der Waals surface area contributed by atoms with Crippen LogP contribution < -0.4 is 0 Å². The van der Waals surface area contributed by atoms with Crippen LogP contribution in [0.2, 0.25) is 0 Å². The van der Waals surface area contributed by atoms with E-state index in [9.17, 15) is 0 Å². The minimum atomic E-state index is -0.518. The number of hydrogen-bond acceptors (Lipinski definition) is 4. The molecule has 0 aromatic rings. The Morgan fingerprint density at radius 2 is 1.77 bits per heavy atom. The van der Waals surface area contributed by atoms with Crippen LogP contribution in [-0.2, 0) is 4.74 Å². The second-order valence-corrected chi connectivity index (χ2v) is 3.30. The van der Waals surface area contributed by atoms with Gasteiger partial charge in [-0.2, -0.15) is 0 Å². The van der Waals surface area contributed by atoms with Crippen molar-refractivity contribution < 1.29 is 20.1 Å². The van der Waals surface area contributed by atoms with Crippen molar-refractivity contribution in [1.82, 2.24) is 0 Å². The van der Waals surface area contributed by atoms with Crippen molar-refractivity contribution in [3.8, 4) is 0 Å². The van der Waals surface area contributed by atoms with Gasteiger partial charge < -0.3 is 20.1 Å². The predicted molar refractivity (Wildman–Crippen MR) is 49.4 cm³/mol. The summed E-state index contributed by atoms with van der Waals surface area (Å²) in [6.07, 6.45) is 1.27. The van der Waals surface area contributed by atoms with Crippen molar-refractivity contribution in [3.05, 3.63) is 0 Å². The van der Waals surface area contributed by atoms with Gasteiger partial charge in [0.1, 0.15) is 0 Å². The molecule has 0 bridgehead atoms. The van der Waals surface area contributed by atoms with Gasteiger partial charge in [-0.25, -0.2) is 0 Å². The van der Waals surface area contributed by atoms with Crippen LogP contribution in [0.3, 0.4) is 0 Å². The normalized spacial score (nSPS) is 12.0. The van der Waals surface area contributed by atoms with Crippen molar-refractivity contribution in [2.75, 3.05) is 33.0 Å². The average Bonchev–Trinajstić information content (AvgIpc) is 2.20. The lowest BCUT2D eigenvalue weighted by atomic mass is 9.88. The fourth-order valence-electron chi connectivity index (χ4n) is 0.922. The Hall–Kier alpha value is -0.160. The van der Waals surface area contributed by atoms with E-state index in [1.807, 2.05) is 6.92 Å². The van der Waals surface area contributed by atoms with Gasteiger partial charge in [0.2, 0.25) is 0 Å². The molecule has 0 aliphatic heterocycles. The number of ether oxygens (including phenoxy) is 1. The first kappa shape index (κ1) is 12.8. The van der Waals surface area contributed by atoms with E-state index < -0.39 is 5.41 Å². The zero-order valence-corrected chi connectivity index (χ0v) is 8.20. The smallest absolute Gasteiger partial charge is 0.0566 e. The lowest BCUT2D eigenvalue weighted by molar-refractivity contribution is -0.0321. The first-order valence-corrected chi connectivity index (χ1v) is 4.65. The van der Waals surface area contributed by atoms with E-state index in [-0.39, 0.29) is 19.8 Å². The summed E-state index contributed by atoms with van der Waals surface area (Å²) >= 11 is 0. The number of aliphatic hydroxyl groups is 3. The Bertz CT molecular complexity index is 104. The standard InChI is InChI=1S/C9H20O4/c1-2-9(6-11,7-12)8-13-5-3-4-10/h10-12H,2-8H2,1H3. The molecule has 0 fully saturated rings. The largest absolute Gasteiger partial charge is 0.396 e. The van der Waals surface area contributed by atoms with Crippen LogP contribution in [0.1, 0.15) is 19.8 Å². The summed E-state index contributed by atoms with van der Waals surface area (Å²) in [4.78, 5) is 0.